The highest BCUT2D eigenvalue weighted by molar-refractivity contribution is 7.92. The maximum absolute atomic E-state index is 12.0. The molecule has 1 aromatic rings. The van der Waals surface area contributed by atoms with E-state index in [2.05, 4.69) is 5.43 Å². The van der Waals surface area contributed by atoms with Gasteiger partial charge < -0.3 is 0 Å². The van der Waals surface area contributed by atoms with Gasteiger partial charge in [0, 0.05) is 0 Å². The molecular weight excluding hydrogens is 244 g/mol. The Kier molecular flexibility index (Phi) is 3.63. The van der Waals surface area contributed by atoms with Crippen LogP contribution in [-0.2, 0) is 9.84 Å². The maximum atomic E-state index is 12.0. The number of nitrogens with two attached hydrogens (primary N) is 1. The first-order valence-corrected chi connectivity index (χ1v) is 8.01. The Morgan fingerprint density at radius 2 is 2.31 bits per heavy atom. The van der Waals surface area contributed by atoms with Gasteiger partial charge in [-0.3, -0.25) is 11.3 Å². The molecule has 0 aliphatic carbocycles. The highest BCUT2D eigenvalue weighted by Gasteiger charge is 2.35. The number of hydrazine groups is 1. The summed E-state index contributed by atoms with van der Waals surface area (Å²) in [6.45, 7) is 0. The minimum atomic E-state index is -3.00. The highest BCUT2D eigenvalue weighted by atomic mass is 32.2. The summed E-state index contributed by atoms with van der Waals surface area (Å²) in [7, 11) is -3.00. The van der Waals surface area contributed by atoms with Crippen molar-refractivity contribution in [3.8, 4) is 0 Å². The molecule has 90 valence electrons. The summed E-state index contributed by atoms with van der Waals surface area (Å²) in [5.41, 5.74) is 3.63. The lowest BCUT2D eigenvalue weighted by molar-refractivity contribution is 0.454. The van der Waals surface area contributed by atoms with E-state index in [9.17, 15) is 8.42 Å². The Labute approximate surface area is 99.7 Å². The van der Waals surface area contributed by atoms with E-state index in [0.29, 0.717) is 12.2 Å². The summed E-state index contributed by atoms with van der Waals surface area (Å²) >= 11 is 1.56. The van der Waals surface area contributed by atoms with E-state index in [1.54, 1.807) is 11.3 Å². The van der Waals surface area contributed by atoms with Gasteiger partial charge in [0.25, 0.3) is 0 Å². The molecule has 1 aliphatic rings. The normalized spacial score (nSPS) is 26.4. The third kappa shape index (κ3) is 2.29. The van der Waals surface area contributed by atoms with Gasteiger partial charge in [-0.1, -0.05) is 6.42 Å². The molecule has 0 amide bonds. The summed E-state index contributed by atoms with van der Waals surface area (Å²) in [5.74, 6) is 5.80. The van der Waals surface area contributed by atoms with Crippen LogP contribution in [0.3, 0.4) is 0 Å². The lowest BCUT2D eigenvalue weighted by Crippen LogP contribution is -2.43. The molecule has 0 bridgehead atoms. The average Bonchev–Trinajstić information content (AvgIpc) is 2.75. The van der Waals surface area contributed by atoms with E-state index in [-0.39, 0.29) is 11.3 Å². The van der Waals surface area contributed by atoms with Gasteiger partial charge in [0.15, 0.2) is 9.84 Å². The zero-order chi connectivity index (χ0) is 11.6. The molecule has 2 heterocycles. The Morgan fingerprint density at radius 1 is 1.50 bits per heavy atom. The van der Waals surface area contributed by atoms with Crippen molar-refractivity contribution in [1.82, 2.24) is 5.43 Å². The Bertz CT molecular complexity index is 428. The van der Waals surface area contributed by atoms with Crippen LogP contribution in [0, 0.1) is 0 Å². The number of rotatable bonds is 3. The van der Waals surface area contributed by atoms with E-state index in [0.717, 1.165) is 18.4 Å². The van der Waals surface area contributed by atoms with Gasteiger partial charge in [0.2, 0.25) is 0 Å². The molecule has 2 rings (SSSR count). The van der Waals surface area contributed by atoms with Crippen LogP contribution < -0.4 is 11.3 Å². The van der Waals surface area contributed by atoms with Crippen molar-refractivity contribution < 1.29 is 8.42 Å². The van der Waals surface area contributed by atoms with Crippen molar-refractivity contribution in [2.24, 2.45) is 5.84 Å². The van der Waals surface area contributed by atoms with Gasteiger partial charge in [-0.25, -0.2) is 8.42 Å². The second-order valence-corrected chi connectivity index (χ2v) is 7.22. The van der Waals surface area contributed by atoms with Crippen molar-refractivity contribution in [2.75, 3.05) is 5.75 Å². The first-order chi connectivity index (χ1) is 7.65. The van der Waals surface area contributed by atoms with Crippen LogP contribution in [0.1, 0.15) is 30.9 Å². The molecule has 2 atom stereocenters. The SMILES string of the molecule is NNC(c1ccsc1)C1CCCCS1(=O)=O. The average molecular weight is 260 g/mol. The Hall–Kier alpha value is -0.430. The van der Waals surface area contributed by atoms with Crippen molar-refractivity contribution in [3.63, 3.8) is 0 Å². The Morgan fingerprint density at radius 3 is 2.88 bits per heavy atom. The number of hydrogen-bond acceptors (Lipinski definition) is 5. The van der Waals surface area contributed by atoms with E-state index in [1.807, 2.05) is 16.8 Å². The summed E-state index contributed by atoms with van der Waals surface area (Å²) in [6, 6.07) is 1.66. The number of thiophene rings is 1. The monoisotopic (exact) mass is 260 g/mol. The van der Waals surface area contributed by atoms with Gasteiger partial charge >= 0.3 is 0 Å². The lowest BCUT2D eigenvalue weighted by atomic mass is 10.0. The number of nitrogens with one attached hydrogen (secondary N) is 1. The minimum Gasteiger partial charge on any atom is -0.271 e. The zero-order valence-electron chi connectivity index (χ0n) is 8.93. The summed E-state index contributed by atoms with van der Waals surface area (Å²) in [5, 5.41) is 3.52. The molecule has 16 heavy (non-hydrogen) atoms. The molecule has 1 saturated heterocycles. The molecule has 3 N–H and O–H groups in total. The molecule has 1 fully saturated rings. The lowest BCUT2D eigenvalue weighted by Gasteiger charge is -2.29. The maximum Gasteiger partial charge on any atom is 0.155 e. The zero-order valence-corrected chi connectivity index (χ0v) is 10.6. The van der Waals surface area contributed by atoms with Gasteiger partial charge in [-0.2, -0.15) is 11.3 Å². The van der Waals surface area contributed by atoms with Crippen LogP contribution in [0.25, 0.3) is 0 Å². The van der Waals surface area contributed by atoms with Crippen molar-refractivity contribution in [2.45, 2.75) is 30.6 Å². The molecule has 0 spiro atoms. The van der Waals surface area contributed by atoms with Crippen molar-refractivity contribution in [3.05, 3.63) is 22.4 Å². The predicted molar refractivity (Wildman–Crippen MR) is 65.8 cm³/mol. The predicted octanol–water partition coefficient (Wildman–Crippen LogP) is 1.22. The van der Waals surface area contributed by atoms with Crippen LogP contribution >= 0.6 is 11.3 Å². The standard InChI is InChI=1S/C10H16N2O2S2/c11-12-10(8-4-5-15-7-8)9-3-1-2-6-16(9,13)14/h4-5,7,9-10,12H,1-3,6,11H2. The van der Waals surface area contributed by atoms with Crippen LogP contribution in [0.15, 0.2) is 16.8 Å². The van der Waals surface area contributed by atoms with E-state index in [1.165, 1.54) is 0 Å². The molecule has 0 saturated carbocycles. The van der Waals surface area contributed by atoms with Crippen LogP contribution in [0.5, 0.6) is 0 Å². The molecular formula is C10H16N2O2S2. The Balaban J connectivity index is 2.27. The third-order valence-corrected chi connectivity index (χ3v) is 6.07. The number of hydrogen-bond donors (Lipinski definition) is 2. The molecule has 1 aromatic heterocycles. The third-order valence-electron chi connectivity index (χ3n) is 3.08. The highest BCUT2D eigenvalue weighted by Crippen LogP contribution is 2.31. The fourth-order valence-corrected chi connectivity index (χ4v) is 5.01. The van der Waals surface area contributed by atoms with Crippen molar-refractivity contribution in [1.29, 1.82) is 0 Å². The molecule has 2 unspecified atom stereocenters. The summed E-state index contributed by atoms with van der Waals surface area (Å²) in [4.78, 5) is 0. The second kappa shape index (κ2) is 4.83. The van der Waals surface area contributed by atoms with Gasteiger partial charge in [0.05, 0.1) is 17.0 Å². The fraction of sp³-hybridized carbons (Fsp3) is 0.600. The second-order valence-electron chi connectivity index (χ2n) is 4.10. The van der Waals surface area contributed by atoms with E-state index < -0.39 is 9.84 Å². The van der Waals surface area contributed by atoms with E-state index in [4.69, 9.17) is 5.84 Å². The van der Waals surface area contributed by atoms with Gasteiger partial charge in [0.1, 0.15) is 0 Å². The molecule has 6 heteroatoms. The van der Waals surface area contributed by atoms with Crippen LogP contribution in [0.4, 0.5) is 0 Å². The first-order valence-electron chi connectivity index (χ1n) is 5.35. The minimum absolute atomic E-state index is 0.267. The summed E-state index contributed by atoms with van der Waals surface area (Å²) < 4.78 is 24.0. The molecule has 1 aliphatic heterocycles. The van der Waals surface area contributed by atoms with Crippen LogP contribution in [-0.4, -0.2) is 19.4 Å². The van der Waals surface area contributed by atoms with E-state index >= 15 is 0 Å². The molecule has 0 radical (unpaired) electrons. The largest absolute Gasteiger partial charge is 0.271 e. The first kappa shape index (κ1) is 12.0. The summed E-state index contributed by atoms with van der Waals surface area (Å²) in [6.07, 6.45) is 2.44. The molecule has 0 aromatic carbocycles. The quantitative estimate of drug-likeness (QED) is 0.633. The van der Waals surface area contributed by atoms with Crippen LogP contribution in [0.2, 0.25) is 0 Å². The molecule has 4 nitrogen and oxygen atoms in total. The fourth-order valence-electron chi connectivity index (χ4n) is 2.22. The topological polar surface area (TPSA) is 72.2 Å². The number of sulfone groups is 1. The van der Waals surface area contributed by atoms with Gasteiger partial charge in [-0.05, 0) is 35.2 Å². The smallest absolute Gasteiger partial charge is 0.155 e. The van der Waals surface area contributed by atoms with Crippen molar-refractivity contribution >= 4 is 21.2 Å². The van der Waals surface area contributed by atoms with Gasteiger partial charge in [-0.15, -0.1) is 0 Å².